The molecule has 0 radical (unpaired) electrons. The first-order valence-corrected chi connectivity index (χ1v) is 14.4. The fourth-order valence-corrected chi connectivity index (χ4v) is 2.54. The molecule has 1 aromatic rings. The number of benzene rings is 1. The number of rotatable bonds is 0. The molecule has 0 N–H and O–H groups in total. The van der Waals surface area contributed by atoms with Crippen molar-refractivity contribution < 1.29 is 0 Å². The van der Waals surface area contributed by atoms with Crippen molar-refractivity contribution in [2.75, 3.05) is 0 Å². The largest absolute Gasteiger partial charge is 0.0541 e. The molecule has 0 unspecified atom stereocenters. The van der Waals surface area contributed by atoms with Crippen LogP contribution in [-0.2, 0) is 0 Å². The molecular weight excluding hydrogens is 621 g/mol. The van der Waals surface area contributed by atoms with Gasteiger partial charge in [-0.25, -0.2) is 0 Å². The van der Waals surface area contributed by atoms with Crippen LogP contribution in [0, 0.1) is 33.5 Å². The van der Waals surface area contributed by atoms with Crippen LogP contribution in [0.25, 0.3) is 0 Å². The Morgan fingerprint density at radius 2 is 0.889 bits per heavy atom. The summed E-state index contributed by atoms with van der Waals surface area (Å²) in [5, 5.41) is 8.92. The highest BCUT2D eigenvalue weighted by atomic mass is 127. The van der Waals surface area contributed by atoms with E-state index in [1.165, 1.54) is 26.8 Å². The molecule has 0 aromatic heterocycles. The first-order chi connectivity index (χ1) is 8.80. The Labute approximate surface area is 156 Å². The summed E-state index contributed by atoms with van der Waals surface area (Å²) in [5.74, 6) is 9.24. The van der Waals surface area contributed by atoms with Gasteiger partial charge < -0.3 is 0 Å². The van der Waals surface area contributed by atoms with Gasteiger partial charge in [0.25, 0.3) is 0 Å². The molecule has 0 saturated heterocycles. The van der Waals surface area contributed by atoms with E-state index < -0.39 is 0 Å². The molecule has 0 atom stereocenters. The molecule has 90 valence electrons. The molecule has 0 bridgehead atoms. The SMILES string of the molecule is ISC#Cc1cc(C#CSI)cc(C#CSI)c1. The van der Waals surface area contributed by atoms with Crippen LogP contribution in [0.15, 0.2) is 18.2 Å². The van der Waals surface area contributed by atoms with Crippen LogP contribution < -0.4 is 0 Å². The monoisotopic (exact) mass is 624 g/mol. The van der Waals surface area contributed by atoms with E-state index in [2.05, 4.69) is 97.1 Å². The average Bonchev–Trinajstić information content (AvgIpc) is 2.40. The van der Waals surface area contributed by atoms with E-state index in [4.69, 9.17) is 0 Å². The third kappa shape index (κ3) is 7.06. The fraction of sp³-hybridized carbons (Fsp3) is 0. The summed E-state index contributed by atoms with van der Waals surface area (Å²) in [7, 11) is 4.41. The maximum Gasteiger partial charge on any atom is 0.0279 e. The van der Waals surface area contributed by atoms with E-state index in [0.717, 1.165) is 16.7 Å². The van der Waals surface area contributed by atoms with Gasteiger partial charge in [-0.05, 0) is 60.8 Å². The molecule has 1 rings (SSSR count). The Kier molecular flexibility index (Phi) is 10.4. The summed E-state index contributed by atoms with van der Waals surface area (Å²) in [6.45, 7) is 0. The van der Waals surface area contributed by atoms with Crippen molar-refractivity contribution in [3.05, 3.63) is 34.9 Å². The zero-order valence-corrected chi connectivity index (χ0v) is 17.5. The van der Waals surface area contributed by atoms with Gasteiger partial charge in [0.2, 0.25) is 0 Å². The number of hydrogen-bond donors (Lipinski definition) is 0. The molecule has 18 heavy (non-hydrogen) atoms. The van der Waals surface area contributed by atoms with Crippen LogP contribution in [0.1, 0.15) is 16.7 Å². The second-order valence-electron chi connectivity index (χ2n) is 2.71. The van der Waals surface area contributed by atoms with Crippen LogP contribution in [0.3, 0.4) is 0 Å². The zero-order chi connectivity index (χ0) is 13.2. The molecule has 6 heteroatoms. The van der Waals surface area contributed by atoms with E-state index in [1.807, 2.05) is 18.2 Å². The third-order valence-electron chi connectivity index (χ3n) is 1.63. The van der Waals surface area contributed by atoms with Gasteiger partial charge in [-0.3, -0.25) is 0 Å². The van der Waals surface area contributed by atoms with E-state index >= 15 is 0 Å². The van der Waals surface area contributed by atoms with Gasteiger partial charge in [-0.1, -0.05) is 17.8 Å². The molecule has 0 amide bonds. The predicted octanol–water partition coefficient (Wildman–Crippen LogP) is 5.86. The van der Waals surface area contributed by atoms with Crippen molar-refractivity contribution in [1.29, 1.82) is 0 Å². The van der Waals surface area contributed by atoms with Crippen LogP contribution in [0.2, 0.25) is 0 Å². The second kappa shape index (κ2) is 10.9. The van der Waals surface area contributed by atoms with Crippen molar-refractivity contribution in [2.24, 2.45) is 0 Å². The molecular formula is C12H3I3S3. The predicted molar refractivity (Wildman–Crippen MR) is 112 cm³/mol. The summed E-state index contributed by atoms with van der Waals surface area (Å²) in [6, 6.07) is 5.96. The smallest absolute Gasteiger partial charge is 0.0279 e. The van der Waals surface area contributed by atoms with Crippen molar-refractivity contribution in [3.63, 3.8) is 0 Å². The molecule has 1 aromatic carbocycles. The van der Waals surface area contributed by atoms with Crippen molar-refractivity contribution in [2.45, 2.75) is 0 Å². The maximum atomic E-state index is 3.08. The lowest BCUT2D eigenvalue weighted by atomic mass is 10.1. The standard InChI is InChI=1S/C12H3I3S3/c13-16-4-1-10-7-11(2-5-17-14)9-12(8-10)3-6-18-15/h7-9H. The number of halogens is 3. The minimum atomic E-state index is 0.951. The molecule has 0 aliphatic carbocycles. The first kappa shape index (κ1) is 17.2. The van der Waals surface area contributed by atoms with Gasteiger partial charge in [0.05, 0.1) is 0 Å². The first-order valence-electron chi connectivity index (χ1n) is 4.31. The normalized spacial score (nSPS) is 8.17. The van der Waals surface area contributed by atoms with E-state index in [9.17, 15) is 0 Å². The van der Waals surface area contributed by atoms with Crippen LogP contribution in [0.5, 0.6) is 0 Å². The van der Waals surface area contributed by atoms with E-state index in [0.29, 0.717) is 0 Å². The Hall–Kier alpha value is 1.14. The summed E-state index contributed by atoms with van der Waals surface area (Å²) in [6.07, 6.45) is 0. The zero-order valence-electron chi connectivity index (χ0n) is 8.59. The summed E-state index contributed by atoms with van der Waals surface area (Å²) < 4.78 is 0. The highest BCUT2D eigenvalue weighted by molar-refractivity contribution is 14.2. The molecule has 0 heterocycles. The topological polar surface area (TPSA) is 0 Å². The molecule has 0 nitrogen and oxygen atoms in total. The van der Waals surface area contributed by atoms with Gasteiger partial charge in [-0.2, -0.15) is 0 Å². The molecule has 0 fully saturated rings. The quantitative estimate of drug-likeness (QED) is 0.263. The van der Waals surface area contributed by atoms with Crippen molar-refractivity contribution >= 4 is 90.4 Å². The lowest BCUT2D eigenvalue weighted by Gasteiger charge is -1.96. The molecule has 0 aliphatic heterocycles. The minimum Gasteiger partial charge on any atom is -0.0541 e. The van der Waals surface area contributed by atoms with E-state index in [-0.39, 0.29) is 0 Å². The highest BCUT2D eigenvalue weighted by Gasteiger charge is 1.96. The summed E-state index contributed by atoms with van der Waals surface area (Å²) in [5.41, 5.74) is 2.85. The highest BCUT2D eigenvalue weighted by Crippen LogP contribution is 2.14. The van der Waals surface area contributed by atoms with Gasteiger partial charge >= 0.3 is 0 Å². The van der Waals surface area contributed by atoms with Crippen LogP contribution >= 0.6 is 90.4 Å². The maximum absolute atomic E-state index is 3.08. The van der Waals surface area contributed by atoms with Crippen LogP contribution in [0.4, 0.5) is 0 Å². The third-order valence-corrected chi connectivity index (χ3v) is 4.15. The average molecular weight is 624 g/mol. The Morgan fingerprint density at radius 1 is 0.611 bits per heavy atom. The Morgan fingerprint density at radius 3 is 1.11 bits per heavy atom. The molecule has 0 aliphatic rings. The minimum absolute atomic E-state index is 0.951. The Balaban J connectivity index is 3.19. The van der Waals surface area contributed by atoms with Crippen molar-refractivity contribution in [1.82, 2.24) is 0 Å². The van der Waals surface area contributed by atoms with Gasteiger partial charge in [0, 0.05) is 80.3 Å². The van der Waals surface area contributed by atoms with Gasteiger partial charge in [0.15, 0.2) is 0 Å². The lowest BCUT2D eigenvalue weighted by molar-refractivity contribution is 1.56. The van der Waals surface area contributed by atoms with E-state index in [1.54, 1.807) is 0 Å². The summed E-state index contributed by atoms with van der Waals surface area (Å²) >= 11 is 6.47. The Bertz CT molecular complexity index is 496. The van der Waals surface area contributed by atoms with Crippen molar-refractivity contribution in [3.8, 4) is 33.5 Å². The van der Waals surface area contributed by atoms with Crippen LogP contribution in [-0.4, -0.2) is 0 Å². The second-order valence-corrected chi connectivity index (χ2v) is 7.75. The molecule has 0 saturated carbocycles. The van der Waals surface area contributed by atoms with Gasteiger partial charge in [0.1, 0.15) is 0 Å². The fourth-order valence-electron chi connectivity index (χ4n) is 1.08. The molecule has 0 spiro atoms. The lowest BCUT2D eigenvalue weighted by Crippen LogP contribution is -1.83. The van der Waals surface area contributed by atoms with Gasteiger partial charge in [-0.15, -0.1) is 0 Å². The summed E-state index contributed by atoms with van der Waals surface area (Å²) in [4.78, 5) is 0. The number of hydrogen-bond acceptors (Lipinski definition) is 3.